The molecule has 17 heavy (non-hydrogen) atoms. The van der Waals surface area contributed by atoms with Gasteiger partial charge in [0.15, 0.2) is 0 Å². The first-order chi connectivity index (χ1) is 8.25. The summed E-state index contributed by atoms with van der Waals surface area (Å²) in [6.45, 7) is 1.96. The number of likely N-dealkylation sites (tertiary alicyclic amines) is 1. The lowest BCUT2D eigenvalue weighted by atomic mass is 10.0. The van der Waals surface area contributed by atoms with Crippen LogP contribution in [0.25, 0.3) is 0 Å². The molecule has 1 aliphatic rings. The molecule has 0 spiro atoms. The fourth-order valence-electron chi connectivity index (χ4n) is 2.27. The Morgan fingerprint density at radius 2 is 2.35 bits per heavy atom. The number of aromatic nitrogens is 1. The van der Waals surface area contributed by atoms with Gasteiger partial charge in [-0.25, -0.2) is 4.98 Å². The van der Waals surface area contributed by atoms with Crippen LogP contribution >= 0.6 is 11.6 Å². The van der Waals surface area contributed by atoms with Crippen LogP contribution in [0.3, 0.4) is 0 Å². The van der Waals surface area contributed by atoms with E-state index in [1.165, 1.54) is 25.8 Å². The predicted octanol–water partition coefficient (Wildman–Crippen LogP) is 2.99. The Bertz CT molecular complexity index is 342. The van der Waals surface area contributed by atoms with Gasteiger partial charge in [-0.15, -0.1) is 0 Å². The molecule has 94 valence electrons. The summed E-state index contributed by atoms with van der Waals surface area (Å²) < 4.78 is 5.66. The van der Waals surface area contributed by atoms with E-state index in [0.29, 0.717) is 11.2 Å². The topological polar surface area (TPSA) is 25.4 Å². The lowest BCUT2D eigenvalue weighted by Crippen LogP contribution is -2.37. The van der Waals surface area contributed by atoms with Crippen molar-refractivity contribution in [1.29, 1.82) is 0 Å². The molecule has 1 fully saturated rings. The summed E-state index contributed by atoms with van der Waals surface area (Å²) in [7, 11) is 2.20. The molecule has 1 atom stereocenters. The van der Waals surface area contributed by atoms with E-state index in [-0.39, 0.29) is 0 Å². The van der Waals surface area contributed by atoms with Crippen molar-refractivity contribution in [1.82, 2.24) is 9.88 Å². The molecule has 2 heterocycles. The smallest absolute Gasteiger partial charge is 0.137 e. The molecule has 0 saturated carbocycles. The summed E-state index contributed by atoms with van der Waals surface area (Å²) in [5.74, 6) is 0.799. The number of pyridine rings is 1. The molecule has 3 nitrogen and oxygen atoms in total. The zero-order chi connectivity index (χ0) is 12.1. The van der Waals surface area contributed by atoms with Crippen molar-refractivity contribution >= 4 is 11.6 Å². The SMILES string of the molecule is CN1CCCCC1CCOc1ccc(Cl)nc1. The first-order valence-corrected chi connectivity index (χ1v) is 6.58. The molecule has 1 aliphatic heterocycles. The molecule has 4 heteroatoms. The average Bonchev–Trinajstić information content (AvgIpc) is 2.34. The third-order valence-electron chi connectivity index (χ3n) is 3.34. The molecular formula is C13H19ClN2O. The molecule has 2 rings (SSSR count). The molecule has 0 bridgehead atoms. The lowest BCUT2D eigenvalue weighted by Gasteiger charge is -2.32. The van der Waals surface area contributed by atoms with E-state index in [0.717, 1.165) is 18.8 Å². The molecule has 0 N–H and O–H groups in total. The minimum atomic E-state index is 0.504. The summed E-state index contributed by atoms with van der Waals surface area (Å²) in [6.07, 6.45) is 6.72. The van der Waals surface area contributed by atoms with Gasteiger partial charge in [-0.05, 0) is 45.0 Å². The molecule has 0 aliphatic carbocycles. The van der Waals surface area contributed by atoms with Crippen LogP contribution in [0.2, 0.25) is 5.15 Å². The molecule has 0 amide bonds. The normalized spacial score (nSPS) is 21.4. The van der Waals surface area contributed by atoms with Gasteiger partial charge in [0.25, 0.3) is 0 Å². The Hall–Kier alpha value is -0.800. The van der Waals surface area contributed by atoms with Gasteiger partial charge in [0.05, 0.1) is 12.8 Å². The largest absolute Gasteiger partial charge is 0.492 e. The van der Waals surface area contributed by atoms with E-state index in [4.69, 9.17) is 16.3 Å². The second-order valence-electron chi connectivity index (χ2n) is 4.58. The van der Waals surface area contributed by atoms with E-state index < -0.39 is 0 Å². The second kappa shape index (κ2) is 6.22. The van der Waals surface area contributed by atoms with Crippen molar-refractivity contribution in [3.05, 3.63) is 23.5 Å². The fourth-order valence-corrected chi connectivity index (χ4v) is 2.38. The molecular weight excluding hydrogens is 236 g/mol. The summed E-state index contributed by atoms with van der Waals surface area (Å²) in [5, 5.41) is 0.504. The Labute approximate surface area is 108 Å². The Morgan fingerprint density at radius 1 is 1.47 bits per heavy atom. The number of halogens is 1. The van der Waals surface area contributed by atoms with Crippen LogP contribution in [-0.2, 0) is 0 Å². The number of rotatable bonds is 4. The predicted molar refractivity (Wildman–Crippen MR) is 69.6 cm³/mol. The van der Waals surface area contributed by atoms with Crippen molar-refractivity contribution in [3.63, 3.8) is 0 Å². The van der Waals surface area contributed by atoms with Crippen molar-refractivity contribution in [2.75, 3.05) is 20.2 Å². The summed E-state index contributed by atoms with van der Waals surface area (Å²) in [4.78, 5) is 6.43. The van der Waals surface area contributed by atoms with E-state index in [1.54, 1.807) is 12.3 Å². The van der Waals surface area contributed by atoms with Gasteiger partial charge < -0.3 is 9.64 Å². The minimum absolute atomic E-state index is 0.504. The van der Waals surface area contributed by atoms with Crippen LogP contribution in [0.4, 0.5) is 0 Å². The maximum Gasteiger partial charge on any atom is 0.137 e. The van der Waals surface area contributed by atoms with E-state index >= 15 is 0 Å². The monoisotopic (exact) mass is 254 g/mol. The van der Waals surface area contributed by atoms with Crippen molar-refractivity contribution in [2.24, 2.45) is 0 Å². The number of ether oxygens (including phenoxy) is 1. The van der Waals surface area contributed by atoms with Crippen molar-refractivity contribution in [3.8, 4) is 5.75 Å². The van der Waals surface area contributed by atoms with E-state index in [1.807, 2.05) is 6.07 Å². The molecule has 1 saturated heterocycles. The van der Waals surface area contributed by atoms with Crippen molar-refractivity contribution < 1.29 is 4.74 Å². The van der Waals surface area contributed by atoms with Crippen LogP contribution in [0.1, 0.15) is 25.7 Å². The first kappa shape index (κ1) is 12.7. The second-order valence-corrected chi connectivity index (χ2v) is 4.97. The Balaban J connectivity index is 1.73. The van der Waals surface area contributed by atoms with Gasteiger partial charge in [-0.2, -0.15) is 0 Å². The average molecular weight is 255 g/mol. The number of piperidine rings is 1. The van der Waals surface area contributed by atoms with Crippen LogP contribution in [-0.4, -0.2) is 36.1 Å². The summed E-state index contributed by atoms with van der Waals surface area (Å²) in [5.41, 5.74) is 0. The molecule has 0 radical (unpaired) electrons. The highest BCUT2D eigenvalue weighted by Crippen LogP contribution is 2.18. The Kier molecular flexibility index (Phi) is 4.63. The summed E-state index contributed by atoms with van der Waals surface area (Å²) >= 11 is 5.71. The number of hydrogen-bond acceptors (Lipinski definition) is 3. The maximum atomic E-state index is 5.71. The van der Waals surface area contributed by atoms with Crippen LogP contribution in [0.5, 0.6) is 5.75 Å². The van der Waals surface area contributed by atoms with Gasteiger partial charge in [0.2, 0.25) is 0 Å². The van der Waals surface area contributed by atoms with Crippen molar-refractivity contribution in [2.45, 2.75) is 31.7 Å². The summed E-state index contributed by atoms with van der Waals surface area (Å²) in [6, 6.07) is 4.29. The third kappa shape index (κ3) is 3.86. The van der Waals surface area contributed by atoms with E-state index in [2.05, 4.69) is 16.9 Å². The maximum absolute atomic E-state index is 5.71. The van der Waals surface area contributed by atoms with Crippen LogP contribution < -0.4 is 4.74 Å². The fraction of sp³-hybridized carbons (Fsp3) is 0.615. The molecule has 0 aromatic carbocycles. The highest BCUT2D eigenvalue weighted by molar-refractivity contribution is 6.29. The zero-order valence-electron chi connectivity index (χ0n) is 10.2. The van der Waals surface area contributed by atoms with E-state index in [9.17, 15) is 0 Å². The van der Waals surface area contributed by atoms with Crippen LogP contribution in [0, 0.1) is 0 Å². The van der Waals surface area contributed by atoms with Gasteiger partial charge >= 0.3 is 0 Å². The molecule has 1 aromatic rings. The molecule has 1 unspecified atom stereocenters. The standard InChI is InChI=1S/C13H19ClN2O/c1-16-8-3-2-4-11(16)7-9-17-12-5-6-13(14)15-10-12/h5-6,10-11H,2-4,7-9H2,1H3. The minimum Gasteiger partial charge on any atom is -0.492 e. The zero-order valence-corrected chi connectivity index (χ0v) is 11.0. The van der Waals surface area contributed by atoms with Crippen LogP contribution in [0.15, 0.2) is 18.3 Å². The number of nitrogens with zero attached hydrogens (tertiary/aromatic N) is 2. The third-order valence-corrected chi connectivity index (χ3v) is 3.57. The van der Waals surface area contributed by atoms with Gasteiger partial charge in [0, 0.05) is 6.04 Å². The van der Waals surface area contributed by atoms with Gasteiger partial charge in [0.1, 0.15) is 10.9 Å². The van der Waals surface area contributed by atoms with Gasteiger partial charge in [-0.1, -0.05) is 18.0 Å². The first-order valence-electron chi connectivity index (χ1n) is 6.20. The molecule has 1 aromatic heterocycles. The highest BCUT2D eigenvalue weighted by Gasteiger charge is 2.18. The number of hydrogen-bond donors (Lipinski definition) is 0. The highest BCUT2D eigenvalue weighted by atomic mass is 35.5. The Morgan fingerprint density at radius 3 is 3.06 bits per heavy atom. The quantitative estimate of drug-likeness (QED) is 0.773. The van der Waals surface area contributed by atoms with Gasteiger partial charge in [-0.3, -0.25) is 0 Å². The lowest BCUT2D eigenvalue weighted by molar-refractivity contribution is 0.153.